The predicted octanol–water partition coefficient (Wildman–Crippen LogP) is 4.55. The molecule has 0 fully saturated rings. The van der Waals surface area contributed by atoms with E-state index in [4.69, 9.17) is 13.9 Å². The number of para-hydroxylation sites is 1. The quantitative estimate of drug-likeness (QED) is 0.404. The first-order valence-electron chi connectivity index (χ1n) is 11.5. The summed E-state index contributed by atoms with van der Waals surface area (Å²) in [4.78, 5) is 39.6. The molecule has 8 nitrogen and oxygen atoms in total. The molecular weight excluding hydrogens is 460 g/mol. The number of carbonyl (C=O) groups is 2. The molecule has 5 rings (SSSR count). The van der Waals surface area contributed by atoms with E-state index >= 15 is 0 Å². The van der Waals surface area contributed by atoms with Gasteiger partial charge in [-0.2, -0.15) is 0 Å². The molecule has 1 atom stereocenters. The van der Waals surface area contributed by atoms with Crippen molar-refractivity contribution in [3.8, 4) is 11.5 Å². The lowest BCUT2D eigenvalue weighted by molar-refractivity contribution is -0.125. The fourth-order valence-electron chi connectivity index (χ4n) is 4.03. The zero-order valence-electron chi connectivity index (χ0n) is 19.8. The monoisotopic (exact) mass is 484 g/mol. The van der Waals surface area contributed by atoms with Crippen LogP contribution < -0.4 is 25.3 Å². The van der Waals surface area contributed by atoms with E-state index in [0.29, 0.717) is 41.2 Å². The maximum absolute atomic E-state index is 12.8. The Morgan fingerprint density at radius 3 is 2.61 bits per heavy atom. The zero-order chi connectivity index (χ0) is 25.2. The topological polar surface area (TPSA) is 98.1 Å². The smallest absolute Gasteiger partial charge is 0.349 e. The van der Waals surface area contributed by atoms with E-state index in [2.05, 4.69) is 5.32 Å². The van der Waals surface area contributed by atoms with E-state index in [0.717, 1.165) is 11.3 Å². The number of carbonyl (C=O) groups excluding carboxylic acids is 2. The van der Waals surface area contributed by atoms with Crippen LogP contribution in [0.2, 0.25) is 0 Å². The van der Waals surface area contributed by atoms with Gasteiger partial charge in [0.25, 0.3) is 11.8 Å². The lowest BCUT2D eigenvalue weighted by atomic mass is 10.1. The SMILES string of the molecule is Cc1ccc(OCCN2C(=O)C(C)Oc3cc(NC(=O)c4cc5ccccc5oc4=O)ccc32)cc1. The Morgan fingerprint density at radius 1 is 1.03 bits per heavy atom. The molecule has 1 N–H and O–H groups in total. The van der Waals surface area contributed by atoms with Crippen molar-refractivity contribution >= 4 is 34.2 Å². The summed E-state index contributed by atoms with van der Waals surface area (Å²) >= 11 is 0. The molecule has 2 heterocycles. The molecule has 182 valence electrons. The highest BCUT2D eigenvalue weighted by Gasteiger charge is 2.31. The molecule has 1 aliphatic heterocycles. The number of aryl methyl sites for hydroxylation is 1. The van der Waals surface area contributed by atoms with Crippen LogP contribution in [-0.2, 0) is 4.79 Å². The van der Waals surface area contributed by atoms with Crippen molar-refractivity contribution in [1.82, 2.24) is 0 Å². The number of hydrogen-bond donors (Lipinski definition) is 1. The van der Waals surface area contributed by atoms with Crippen LogP contribution in [0, 0.1) is 6.92 Å². The molecule has 8 heteroatoms. The maximum Gasteiger partial charge on any atom is 0.349 e. The first kappa shape index (κ1) is 23.2. The lowest BCUT2D eigenvalue weighted by Crippen LogP contribution is -2.46. The minimum Gasteiger partial charge on any atom is -0.492 e. The fraction of sp³-hybridized carbons (Fsp3) is 0.179. The number of amides is 2. The summed E-state index contributed by atoms with van der Waals surface area (Å²) in [6.07, 6.45) is -0.699. The molecule has 1 unspecified atom stereocenters. The predicted molar refractivity (Wildman–Crippen MR) is 136 cm³/mol. The third kappa shape index (κ3) is 4.65. The first-order valence-corrected chi connectivity index (χ1v) is 11.5. The minimum atomic E-state index is -0.723. The number of benzene rings is 3. The first-order chi connectivity index (χ1) is 17.4. The molecule has 0 radical (unpaired) electrons. The summed E-state index contributed by atoms with van der Waals surface area (Å²) in [5.41, 5.74) is 1.71. The van der Waals surface area contributed by atoms with Crippen LogP contribution in [0.5, 0.6) is 11.5 Å². The number of nitrogens with zero attached hydrogens (tertiary/aromatic N) is 1. The van der Waals surface area contributed by atoms with Gasteiger partial charge in [-0.05, 0) is 50.2 Å². The van der Waals surface area contributed by atoms with Gasteiger partial charge in [0.1, 0.15) is 29.3 Å². The third-order valence-electron chi connectivity index (χ3n) is 5.92. The van der Waals surface area contributed by atoms with Gasteiger partial charge in [-0.3, -0.25) is 9.59 Å². The average Bonchev–Trinajstić information content (AvgIpc) is 2.87. The second-order valence-electron chi connectivity index (χ2n) is 8.53. The van der Waals surface area contributed by atoms with E-state index in [-0.39, 0.29) is 11.5 Å². The lowest BCUT2D eigenvalue weighted by Gasteiger charge is -2.33. The van der Waals surface area contributed by atoms with Gasteiger partial charge in [0.15, 0.2) is 6.10 Å². The van der Waals surface area contributed by atoms with Gasteiger partial charge in [0, 0.05) is 17.1 Å². The second kappa shape index (κ2) is 9.58. The average molecular weight is 485 g/mol. The van der Waals surface area contributed by atoms with Crippen molar-refractivity contribution in [2.24, 2.45) is 0 Å². The van der Waals surface area contributed by atoms with Gasteiger partial charge in [-0.15, -0.1) is 0 Å². The normalized spacial score (nSPS) is 14.8. The van der Waals surface area contributed by atoms with Crippen molar-refractivity contribution in [2.75, 3.05) is 23.4 Å². The van der Waals surface area contributed by atoms with Gasteiger partial charge in [0.05, 0.1) is 12.2 Å². The maximum atomic E-state index is 12.8. The molecule has 4 aromatic rings. The van der Waals surface area contributed by atoms with E-state index in [1.165, 1.54) is 6.07 Å². The number of anilines is 2. The molecule has 0 saturated heterocycles. The van der Waals surface area contributed by atoms with Crippen molar-refractivity contribution in [3.05, 3.63) is 94.3 Å². The molecule has 1 aliphatic rings. The zero-order valence-corrected chi connectivity index (χ0v) is 19.8. The molecule has 0 bridgehead atoms. The summed E-state index contributed by atoms with van der Waals surface area (Å²) < 4.78 is 16.9. The van der Waals surface area contributed by atoms with Gasteiger partial charge in [-0.25, -0.2) is 4.79 Å². The van der Waals surface area contributed by atoms with Crippen LogP contribution in [-0.4, -0.2) is 31.1 Å². The Balaban J connectivity index is 1.33. The third-order valence-corrected chi connectivity index (χ3v) is 5.92. The summed E-state index contributed by atoms with van der Waals surface area (Å²) in [7, 11) is 0. The molecule has 36 heavy (non-hydrogen) atoms. The number of ether oxygens (including phenoxy) is 2. The van der Waals surface area contributed by atoms with Gasteiger partial charge >= 0.3 is 5.63 Å². The Hall–Kier alpha value is -4.59. The minimum absolute atomic E-state index is 0.106. The summed E-state index contributed by atoms with van der Waals surface area (Å²) in [6.45, 7) is 4.31. The number of hydrogen-bond acceptors (Lipinski definition) is 6. The van der Waals surface area contributed by atoms with Crippen LogP contribution in [0.15, 0.2) is 82.0 Å². The van der Waals surface area contributed by atoms with E-state index in [9.17, 15) is 14.4 Å². The van der Waals surface area contributed by atoms with E-state index in [1.807, 2.05) is 31.2 Å². The van der Waals surface area contributed by atoms with Gasteiger partial charge < -0.3 is 24.1 Å². The van der Waals surface area contributed by atoms with E-state index in [1.54, 1.807) is 54.3 Å². The number of fused-ring (bicyclic) bond motifs is 2. The van der Waals surface area contributed by atoms with Crippen molar-refractivity contribution in [3.63, 3.8) is 0 Å². The Bertz CT molecular complexity index is 1510. The Morgan fingerprint density at radius 2 is 1.81 bits per heavy atom. The van der Waals surface area contributed by atoms with Crippen LogP contribution in [0.4, 0.5) is 11.4 Å². The molecule has 0 saturated carbocycles. The molecule has 2 amide bonds. The van der Waals surface area contributed by atoms with Crippen LogP contribution in [0.25, 0.3) is 11.0 Å². The summed E-state index contributed by atoms with van der Waals surface area (Å²) in [5, 5.41) is 3.36. The summed E-state index contributed by atoms with van der Waals surface area (Å²) in [6, 6.07) is 21.2. The highest BCUT2D eigenvalue weighted by Crippen LogP contribution is 2.36. The Kier molecular flexibility index (Phi) is 6.16. The highest BCUT2D eigenvalue weighted by molar-refractivity contribution is 6.06. The van der Waals surface area contributed by atoms with E-state index < -0.39 is 17.6 Å². The van der Waals surface area contributed by atoms with Crippen molar-refractivity contribution < 1.29 is 23.5 Å². The van der Waals surface area contributed by atoms with Crippen LogP contribution in [0.1, 0.15) is 22.8 Å². The standard InChI is InChI=1S/C28H24N2O6/c1-17-7-10-21(11-8-17)34-14-13-30-23-12-9-20(16-25(23)35-18(2)27(30)32)29-26(31)22-15-19-5-3-4-6-24(19)36-28(22)33/h3-12,15-16,18H,13-14H2,1-2H3,(H,29,31). The number of nitrogens with one attached hydrogen (secondary N) is 1. The van der Waals surface area contributed by atoms with Gasteiger partial charge in [0.2, 0.25) is 0 Å². The van der Waals surface area contributed by atoms with Gasteiger partial charge in [-0.1, -0.05) is 35.9 Å². The fourth-order valence-corrected chi connectivity index (χ4v) is 4.03. The van der Waals surface area contributed by atoms with Crippen molar-refractivity contribution in [1.29, 1.82) is 0 Å². The van der Waals surface area contributed by atoms with Crippen LogP contribution >= 0.6 is 0 Å². The largest absolute Gasteiger partial charge is 0.492 e. The molecule has 0 aliphatic carbocycles. The number of rotatable bonds is 6. The second-order valence-corrected chi connectivity index (χ2v) is 8.53. The summed E-state index contributed by atoms with van der Waals surface area (Å²) in [5.74, 6) is 0.393. The Labute approximate surface area is 207 Å². The highest BCUT2D eigenvalue weighted by atomic mass is 16.5. The molecule has 1 aromatic heterocycles. The van der Waals surface area contributed by atoms with Crippen molar-refractivity contribution in [2.45, 2.75) is 20.0 Å². The molecule has 0 spiro atoms. The molecule has 3 aromatic carbocycles. The molecular formula is C28H24N2O6. The van der Waals surface area contributed by atoms with Crippen LogP contribution in [0.3, 0.4) is 0 Å².